The summed E-state index contributed by atoms with van der Waals surface area (Å²) in [4.78, 5) is 11.5. The molecule has 18 heavy (non-hydrogen) atoms. The number of imidazole rings is 1. The Hall–Kier alpha value is -1.94. The number of nitrogens with zero attached hydrogens (tertiary/aromatic N) is 2. The number of benzene rings is 1. The van der Waals surface area contributed by atoms with Gasteiger partial charge in [-0.05, 0) is 36.8 Å². The zero-order chi connectivity index (χ0) is 12.7. The third kappa shape index (κ3) is 1.84. The molecule has 0 saturated heterocycles. The van der Waals surface area contributed by atoms with E-state index in [9.17, 15) is 4.39 Å². The van der Waals surface area contributed by atoms with Crippen LogP contribution in [0.4, 0.5) is 4.39 Å². The molecule has 2 aromatic heterocycles. The van der Waals surface area contributed by atoms with Crippen LogP contribution in [0.3, 0.4) is 0 Å². The van der Waals surface area contributed by atoms with E-state index in [2.05, 4.69) is 15.0 Å². The smallest absolute Gasteiger partial charge is 0.178 e. The number of aromatic amines is 1. The van der Waals surface area contributed by atoms with Crippen molar-refractivity contribution in [1.29, 1.82) is 0 Å². The first-order chi connectivity index (χ1) is 8.63. The first kappa shape index (κ1) is 11.2. The lowest BCUT2D eigenvalue weighted by atomic mass is 10.2. The van der Waals surface area contributed by atoms with Gasteiger partial charge < -0.3 is 4.98 Å². The molecule has 3 aromatic rings. The Morgan fingerprint density at radius 1 is 1.28 bits per heavy atom. The van der Waals surface area contributed by atoms with E-state index < -0.39 is 0 Å². The molecule has 5 heteroatoms. The summed E-state index contributed by atoms with van der Waals surface area (Å²) in [6.07, 6.45) is 1.72. The van der Waals surface area contributed by atoms with Gasteiger partial charge in [0, 0.05) is 11.2 Å². The quantitative estimate of drug-likeness (QED) is 0.725. The average molecular weight is 262 g/mol. The Morgan fingerprint density at radius 2 is 2.11 bits per heavy atom. The van der Waals surface area contributed by atoms with Gasteiger partial charge in [-0.25, -0.2) is 14.4 Å². The summed E-state index contributed by atoms with van der Waals surface area (Å²) in [5.74, 6) is 0.0679. The summed E-state index contributed by atoms with van der Waals surface area (Å²) in [5, 5.41) is 0.469. The van der Waals surface area contributed by atoms with Gasteiger partial charge in [0.05, 0.1) is 11.1 Å². The van der Waals surface area contributed by atoms with Crippen LogP contribution in [-0.2, 0) is 0 Å². The summed E-state index contributed by atoms with van der Waals surface area (Å²) in [5.41, 5.74) is 2.71. The highest BCUT2D eigenvalue weighted by atomic mass is 35.5. The van der Waals surface area contributed by atoms with E-state index in [1.807, 2.05) is 13.0 Å². The Bertz CT molecular complexity index is 736. The molecule has 0 amide bonds. The van der Waals surface area contributed by atoms with Crippen molar-refractivity contribution in [1.82, 2.24) is 15.0 Å². The van der Waals surface area contributed by atoms with Crippen LogP contribution >= 0.6 is 11.6 Å². The molecule has 0 unspecified atom stereocenters. The molecule has 2 heterocycles. The summed E-state index contributed by atoms with van der Waals surface area (Å²) in [6.45, 7) is 1.94. The topological polar surface area (TPSA) is 41.6 Å². The van der Waals surface area contributed by atoms with Crippen molar-refractivity contribution in [2.75, 3.05) is 0 Å². The van der Waals surface area contributed by atoms with Crippen LogP contribution < -0.4 is 0 Å². The van der Waals surface area contributed by atoms with Crippen molar-refractivity contribution >= 4 is 22.8 Å². The van der Waals surface area contributed by atoms with E-state index in [1.165, 1.54) is 12.1 Å². The molecule has 0 saturated carbocycles. The van der Waals surface area contributed by atoms with E-state index in [0.717, 1.165) is 11.1 Å². The molecule has 1 aromatic carbocycles. The minimum absolute atomic E-state index is 0.346. The number of aromatic nitrogens is 3. The molecule has 0 radical (unpaired) electrons. The lowest BCUT2D eigenvalue weighted by Crippen LogP contribution is -1.86. The number of halogens is 2. The molecular formula is C13H9ClFN3. The minimum atomic E-state index is -0.366. The van der Waals surface area contributed by atoms with Crippen LogP contribution in [0, 0.1) is 12.7 Å². The van der Waals surface area contributed by atoms with Gasteiger partial charge >= 0.3 is 0 Å². The number of nitrogens with one attached hydrogen (secondary N) is 1. The van der Waals surface area contributed by atoms with Crippen molar-refractivity contribution in [2.45, 2.75) is 6.92 Å². The predicted octanol–water partition coefficient (Wildman–Crippen LogP) is 3.73. The van der Waals surface area contributed by atoms with Gasteiger partial charge in [0.1, 0.15) is 11.6 Å². The fraction of sp³-hybridized carbons (Fsp3) is 0.0769. The first-order valence-electron chi connectivity index (χ1n) is 5.41. The van der Waals surface area contributed by atoms with Crippen molar-refractivity contribution < 1.29 is 4.39 Å². The highest BCUT2D eigenvalue weighted by molar-refractivity contribution is 6.30. The number of H-pyrrole nitrogens is 1. The molecule has 3 nitrogen and oxygen atoms in total. The van der Waals surface area contributed by atoms with Gasteiger partial charge in [-0.1, -0.05) is 11.6 Å². The number of hydrogen-bond donors (Lipinski definition) is 1. The molecule has 0 spiro atoms. The third-order valence-electron chi connectivity index (χ3n) is 2.66. The lowest BCUT2D eigenvalue weighted by Gasteiger charge is -1.99. The second kappa shape index (κ2) is 4.07. The van der Waals surface area contributed by atoms with E-state index in [4.69, 9.17) is 11.6 Å². The van der Waals surface area contributed by atoms with E-state index in [-0.39, 0.29) is 5.82 Å². The molecule has 0 aliphatic heterocycles. The largest absolute Gasteiger partial charge is 0.336 e. The van der Waals surface area contributed by atoms with Crippen LogP contribution in [0.25, 0.3) is 22.6 Å². The summed E-state index contributed by atoms with van der Waals surface area (Å²) < 4.78 is 13.7. The zero-order valence-corrected chi connectivity index (χ0v) is 10.3. The minimum Gasteiger partial charge on any atom is -0.336 e. The fourth-order valence-corrected chi connectivity index (χ4v) is 1.98. The van der Waals surface area contributed by atoms with Gasteiger partial charge in [0.25, 0.3) is 0 Å². The van der Waals surface area contributed by atoms with E-state index >= 15 is 0 Å². The van der Waals surface area contributed by atoms with Crippen molar-refractivity contribution in [2.24, 2.45) is 0 Å². The van der Waals surface area contributed by atoms with Crippen LogP contribution in [0.5, 0.6) is 0 Å². The molecule has 0 aliphatic rings. The number of hydrogen-bond acceptors (Lipinski definition) is 2. The molecule has 90 valence electrons. The van der Waals surface area contributed by atoms with Crippen LogP contribution in [-0.4, -0.2) is 15.0 Å². The Balaban J connectivity index is 2.22. The van der Waals surface area contributed by atoms with Crippen LogP contribution in [0.15, 0.2) is 30.5 Å². The molecule has 0 fully saturated rings. The zero-order valence-electron chi connectivity index (χ0n) is 9.54. The molecular weight excluding hydrogens is 253 g/mol. The van der Waals surface area contributed by atoms with Gasteiger partial charge in [0.15, 0.2) is 5.65 Å². The second-order valence-electron chi connectivity index (χ2n) is 4.09. The summed E-state index contributed by atoms with van der Waals surface area (Å²) in [6, 6.07) is 6.29. The summed E-state index contributed by atoms with van der Waals surface area (Å²) in [7, 11) is 0. The predicted molar refractivity (Wildman–Crippen MR) is 69.0 cm³/mol. The highest BCUT2D eigenvalue weighted by Crippen LogP contribution is 2.25. The Kier molecular flexibility index (Phi) is 2.52. The van der Waals surface area contributed by atoms with Crippen molar-refractivity contribution in [3.05, 3.63) is 46.9 Å². The first-order valence-corrected chi connectivity index (χ1v) is 5.79. The average Bonchev–Trinajstić information content (AvgIpc) is 2.74. The van der Waals surface area contributed by atoms with Crippen molar-refractivity contribution in [3.8, 4) is 11.4 Å². The van der Waals surface area contributed by atoms with Gasteiger partial charge in [-0.3, -0.25) is 0 Å². The number of fused-ring (bicyclic) bond motifs is 1. The third-order valence-corrected chi connectivity index (χ3v) is 2.89. The SMILES string of the molecule is Cc1cnc2nc(-c3cc(Cl)ccc3F)[nH]c2c1. The maximum Gasteiger partial charge on any atom is 0.178 e. The van der Waals surface area contributed by atoms with Gasteiger partial charge in [-0.2, -0.15) is 0 Å². The second-order valence-corrected chi connectivity index (χ2v) is 4.53. The molecule has 0 aliphatic carbocycles. The monoisotopic (exact) mass is 261 g/mol. The normalized spacial score (nSPS) is 11.1. The van der Waals surface area contributed by atoms with Gasteiger partial charge in [0.2, 0.25) is 0 Å². The number of pyridine rings is 1. The van der Waals surface area contributed by atoms with E-state index in [1.54, 1.807) is 12.3 Å². The standard InChI is InChI=1S/C13H9ClFN3/c1-7-4-11-13(16-6-7)18-12(17-11)9-5-8(14)2-3-10(9)15/h2-6H,1H3,(H,16,17,18). The fourth-order valence-electron chi connectivity index (χ4n) is 1.81. The van der Waals surface area contributed by atoms with Crippen LogP contribution in [0.1, 0.15) is 5.56 Å². The Morgan fingerprint density at radius 3 is 2.94 bits per heavy atom. The molecule has 1 N–H and O–H groups in total. The molecule has 0 atom stereocenters. The molecule has 0 bridgehead atoms. The van der Waals surface area contributed by atoms with E-state index in [0.29, 0.717) is 22.1 Å². The van der Waals surface area contributed by atoms with Gasteiger partial charge in [-0.15, -0.1) is 0 Å². The number of rotatable bonds is 1. The highest BCUT2D eigenvalue weighted by Gasteiger charge is 2.11. The lowest BCUT2D eigenvalue weighted by molar-refractivity contribution is 0.630. The maximum atomic E-state index is 13.7. The molecule has 3 rings (SSSR count). The maximum absolute atomic E-state index is 13.7. The van der Waals surface area contributed by atoms with Crippen LogP contribution in [0.2, 0.25) is 5.02 Å². The van der Waals surface area contributed by atoms with Crippen molar-refractivity contribution in [3.63, 3.8) is 0 Å². The summed E-state index contributed by atoms with van der Waals surface area (Å²) >= 11 is 5.87. The Labute approximate surface area is 108 Å². The number of aryl methyl sites for hydroxylation is 1.